The second-order valence-corrected chi connectivity index (χ2v) is 7.52. The summed E-state index contributed by atoms with van der Waals surface area (Å²) in [6.07, 6.45) is -0.190. The van der Waals surface area contributed by atoms with Crippen LogP contribution < -0.4 is 15.8 Å². The van der Waals surface area contributed by atoms with Gasteiger partial charge < -0.3 is 15.8 Å². The lowest BCUT2D eigenvalue weighted by molar-refractivity contribution is -0.118. The molecular formula is C18H23N3O4S. The zero-order valence-corrected chi connectivity index (χ0v) is 15.5. The van der Waals surface area contributed by atoms with Crippen LogP contribution in [0.3, 0.4) is 0 Å². The maximum Gasteiger partial charge on any atom is 0.261 e. The van der Waals surface area contributed by atoms with Crippen molar-refractivity contribution in [1.82, 2.24) is 0 Å². The first kappa shape index (κ1) is 19.9. The van der Waals surface area contributed by atoms with Crippen LogP contribution in [-0.2, 0) is 19.6 Å². The fourth-order valence-electron chi connectivity index (χ4n) is 2.23. The van der Waals surface area contributed by atoms with E-state index in [4.69, 9.17) is 10.5 Å². The van der Waals surface area contributed by atoms with Gasteiger partial charge in [0.15, 0.2) is 0 Å². The summed E-state index contributed by atoms with van der Waals surface area (Å²) in [4.78, 5) is 12.1. The molecule has 2 aromatic carbocycles. The number of ether oxygens (including phenoxy) is 1. The van der Waals surface area contributed by atoms with E-state index in [-0.39, 0.29) is 29.9 Å². The van der Waals surface area contributed by atoms with Crippen LogP contribution in [0.1, 0.15) is 12.0 Å². The zero-order valence-electron chi connectivity index (χ0n) is 14.7. The summed E-state index contributed by atoms with van der Waals surface area (Å²) in [5.41, 5.74) is 7.43. The summed E-state index contributed by atoms with van der Waals surface area (Å²) in [6, 6.07) is 13.0. The Labute approximate surface area is 153 Å². The largest absolute Gasteiger partial charge is 0.380 e. The Hall–Kier alpha value is -2.42. The Kier molecular flexibility index (Phi) is 6.73. The molecule has 0 aliphatic rings. The Morgan fingerprint density at radius 2 is 1.65 bits per heavy atom. The molecule has 0 aromatic heterocycles. The second kappa shape index (κ2) is 8.79. The molecule has 26 heavy (non-hydrogen) atoms. The van der Waals surface area contributed by atoms with Gasteiger partial charge in [0.1, 0.15) is 0 Å². The van der Waals surface area contributed by atoms with Crippen LogP contribution in [0, 0.1) is 6.92 Å². The highest BCUT2D eigenvalue weighted by Gasteiger charge is 2.14. The topological polar surface area (TPSA) is 111 Å². The van der Waals surface area contributed by atoms with Gasteiger partial charge in [-0.3, -0.25) is 9.52 Å². The molecule has 140 valence electrons. The van der Waals surface area contributed by atoms with E-state index in [1.807, 2.05) is 6.92 Å². The third-order valence-corrected chi connectivity index (χ3v) is 5.16. The molecule has 0 heterocycles. The summed E-state index contributed by atoms with van der Waals surface area (Å²) in [7, 11) is -2.16. The molecule has 0 radical (unpaired) electrons. The van der Waals surface area contributed by atoms with Gasteiger partial charge >= 0.3 is 0 Å². The Morgan fingerprint density at radius 1 is 1.08 bits per heavy atom. The van der Waals surface area contributed by atoms with Crippen molar-refractivity contribution in [2.45, 2.75) is 24.3 Å². The smallest absolute Gasteiger partial charge is 0.261 e. The minimum absolute atomic E-state index is 0.148. The van der Waals surface area contributed by atoms with Crippen molar-refractivity contribution in [1.29, 1.82) is 0 Å². The zero-order chi connectivity index (χ0) is 19.2. The number of nitrogens with two attached hydrogens (primary N) is 1. The molecule has 0 saturated heterocycles. The average molecular weight is 377 g/mol. The predicted molar refractivity (Wildman–Crippen MR) is 102 cm³/mol. The van der Waals surface area contributed by atoms with Gasteiger partial charge in [-0.05, 0) is 43.3 Å². The van der Waals surface area contributed by atoms with E-state index in [0.29, 0.717) is 11.4 Å². The Morgan fingerprint density at radius 3 is 2.19 bits per heavy atom. The second-order valence-electron chi connectivity index (χ2n) is 5.84. The van der Waals surface area contributed by atoms with Gasteiger partial charge in [-0.1, -0.05) is 17.7 Å². The summed E-state index contributed by atoms with van der Waals surface area (Å²) in [5, 5.41) is 2.72. The quantitative estimate of drug-likeness (QED) is 0.652. The fraction of sp³-hybridized carbons (Fsp3) is 0.278. The summed E-state index contributed by atoms with van der Waals surface area (Å²) in [5.74, 6) is -0.227. The number of hydrogen-bond donors (Lipinski definition) is 3. The minimum Gasteiger partial charge on any atom is -0.380 e. The Bertz CT molecular complexity index is 830. The van der Waals surface area contributed by atoms with Crippen LogP contribution in [0.15, 0.2) is 53.4 Å². The summed E-state index contributed by atoms with van der Waals surface area (Å²) >= 11 is 0. The number of rotatable bonds is 8. The number of carbonyl (C=O) groups is 1. The molecule has 0 fully saturated rings. The fourth-order valence-corrected chi connectivity index (χ4v) is 3.29. The van der Waals surface area contributed by atoms with E-state index in [1.54, 1.807) is 48.5 Å². The number of methoxy groups -OCH3 is 1. The molecular weight excluding hydrogens is 354 g/mol. The number of hydrogen-bond acceptors (Lipinski definition) is 5. The first-order valence-corrected chi connectivity index (χ1v) is 9.54. The highest BCUT2D eigenvalue weighted by atomic mass is 32.2. The number of nitrogens with one attached hydrogen (secondary N) is 2. The number of amides is 1. The molecule has 4 N–H and O–H groups in total. The van der Waals surface area contributed by atoms with Gasteiger partial charge in [-0.15, -0.1) is 0 Å². The molecule has 1 atom stereocenters. The van der Waals surface area contributed by atoms with Crippen molar-refractivity contribution < 1.29 is 17.9 Å². The third-order valence-electron chi connectivity index (χ3n) is 3.76. The van der Waals surface area contributed by atoms with E-state index < -0.39 is 10.0 Å². The van der Waals surface area contributed by atoms with Crippen molar-refractivity contribution in [3.63, 3.8) is 0 Å². The minimum atomic E-state index is -3.66. The van der Waals surface area contributed by atoms with Crippen molar-refractivity contribution in [3.05, 3.63) is 54.1 Å². The van der Waals surface area contributed by atoms with Gasteiger partial charge in [-0.25, -0.2) is 8.42 Å². The van der Waals surface area contributed by atoms with Crippen LogP contribution in [0.4, 0.5) is 11.4 Å². The first-order chi connectivity index (χ1) is 12.3. The highest BCUT2D eigenvalue weighted by Crippen LogP contribution is 2.19. The number of aryl methyl sites for hydroxylation is 1. The highest BCUT2D eigenvalue weighted by molar-refractivity contribution is 7.92. The van der Waals surface area contributed by atoms with Crippen LogP contribution in [0.2, 0.25) is 0 Å². The van der Waals surface area contributed by atoms with E-state index in [9.17, 15) is 13.2 Å². The standard InChI is InChI=1S/C18H23N3O4S/c1-13-3-9-17(10-4-13)26(23,24)21-15-7-5-14(6-8-15)20-18(22)11-16(12-19)25-2/h3-10,16,21H,11-12,19H2,1-2H3,(H,20,22). The van der Waals surface area contributed by atoms with Crippen molar-refractivity contribution in [2.24, 2.45) is 5.73 Å². The molecule has 2 rings (SSSR count). The van der Waals surface area contributed by atoms with Gasteiger partial charge in [0.05, 0.1) is 17.4 Å². The molecule has 0 spiro atoms. The molecule has 0 bridgehead atoms. The molecule has 0 saturated carbocycles. The molecule has 0 aliphatic heterocycles. The summed E-state index contributed by atoms with van der Waals surface area (Å²) in [6.45, 7) is 2.14. The molecule has 1 amide bonds. The average Bonchev–Trinajstić information content (AvgIpc) is 2.61. The first-order valence-electron chi connectivity index (χ1n) is 8.06. The normalized spacial score (nSPS) is 12.4. The number of sulfonamides is 1. The SMILES string of the molecule is COC(CN)CC(=O)Nc1ccc(NS(=O)(=O)c2ccc(C)cc2)cc1. The monoisotopic (exact) mass is 377 g/mol. The van der Waals surface area contributed by atoms with Crippen LogP contribution in [0.5, 0.6) is 0 Å². The maximum atomic E-state index is 12.4. The van der Waals surface area contributed by atoms with E-state index in [2.05, 4.69) is 10.0 Å². The van der Waals surface area contributed by atoms with Gasteiger partial charge in [-0.2, -0.15) is 0 Å². The lowest BCUT2D eigenvalue weighted by Gasteiger charge is -2.13. The van der Waals surface area contributed by atoms with Crippen LogP contribution in [0.25, 0.3) is 0 Å². The van der Waals surface area contributed by atoms with Crippen LogP contribution >= 0.6 is 0 Å². The van der Waals surface area contributed by atoms with E-state index >= 15 is 0 Å². The number of carbonyl (C=O) groups excluding carboxylic acids is 1. The van der Waals surface area contributed by atoms with Crippen molar-refractivity contribution in [2.75, 3.05) is 23.7 Å². The number of benzene rings is 2. The van der Waals surface area contributed by atoms with Crippen molar-refractivity contribution >= 4 is 27.3 Å². The van der Waals surface area contributed by atoms with Crippen LogP contribution in [-0.4, -0.2) is 34.1 Å². The van der Waals surface area contributed by atoms with Gasteiger partial charge in [0, 0.05) is 25.0 Å². The molecule has 8 heteroatoms. The third kappa shape index (κ3) is 5.55. The lowest BCUT2D eigenvalue weighted by Crippen LogP contribution is -2.28. The lowest BCUT2D eigenvalue weighted by atomic mass is 10.2. The summed E-state index contributed by atoms with van der Waals surface area (Å²) < 4.78 is 32.3. The van der Waals surface area contributed by atoms with Crippen molar-refractivity contribution in [3.8, 4) is 0 Å². The van der Waals surface area contributed by atoms with Gasteiger partial charge in [0.25, 0.3) is 10.0 Å². The predicted octanol–water partition coefficient (Wildman–Crippen LogP) is 2.10. The molecule has 7 nitrogen and oxygen atoms in total. The van der Waals surface area contributed by atoms with E-state index in [1.165, 1.54) is 7.11 Å². The Balaban J connectivity index is 2.01. The number of anilines is 2. The van der Waals surface area contributed by atoms with E-state index in [0.717, 1.165) is 5.56 Å². The van der Waals surface area contributed by atoms with Gasteiger partial charge in [0.2, 0.25) is 5.91 Å². The molecule has 0 aliphatic carbocycles. The molecule has 2 aromatic rings. The molecule has 1 unspecified atom stereocenters. The maximum absolute atomic E-state index is 12.4.